The van der Waals surface area contributed by atoms with Gasteiger partial charge in [0, 0.05) is 12.6 Å². The van der Waals surface area contributed by atoms with Gasteiger partial charge in [0.25, 0.3) is 0 Å². The fourth-order valence-electron chi connectivity index (χ4n) is 2.38. The molecule has 1 aliphatic heterocycles. The smallest absolute Gasteiger partial charge is 0.0594 e. The van der Waals surface area contributed by atoms with Gasteiger partial charge in [0.2, 0.25) is 0 Å². The van der Waals surface area contributed by atoms with Crippen molar-refractivity contribution in [2.75, 3.05) is 6.61 Å². The van der Waals surface area contributed by atoms with Crippen LogP contribution in [0.2, 0.25) is 0 Å². The van der Waals surface area contributed by atoms with Gasteiger partial charge in [-0.2, -0.15) is 0 Å². The number of rotatable bonds is 4. The lowest BCUT2D eigenvalue weighted by Crippen LogP contribution is -2.18. The number of hydrogen-bond donors (Lipinski definition) is 1. The Kier molecular flexibility index (Phi) is 4.19. The zero-order chi connectivity index (χ0) is 12.3. The molecule has 1 heterocycles. The predicted octanol–water partition coefficient (Wildman–Crippen LogP) is 3.38. The van der Waals surface area contributed by atoms with Crippen molar-refractivity contribution in [1.29, 1.82) is 0 Å². The molecule has 1 aromatic rings. The number of hydrogen-bond acceptors (Lipinski definition) is 2. The Morgan fingerprint density at radius 3 is 2.41 bits per heavy atom. The van der Waals surface area contributed by atoms with Gasteiger partial charge in [0.1, 0.15) is 0 Å². The van der Waals surface area contributed by atoms with Crippen LogP contribution in [0.4, 0.5) is 0 Å². The molecule has 2 atom stereocenters. The highest BCUT2D eigenvalue weighted by Crippen LogP contribution is 2.24. The molecule has 0 aliphatic carbocycles. The van der Waals surface area contributed by atoms with E-state index in [9.17, 15) is 0 Å². The molecule has 2 unspecified atom stereocenters. The summed E-state index contributed by atoms with van der Waals surface area (Å²) in [6, 6.07) is 8.81. The number of benzene rings is 1. The van der Waals surface area contributed by atoms with Crippen molar-refractivity contribution < 1.29 is 4.74 Å². The van der Waals surface area contributed by atoms with Gasteiger partial charge in [-0.05, 0) is 36.3 Å². The standard InChI is InChI=1S/C15H23NO/c1-11(2)12-5-7-13(8-6-12)15(16)10-14-4-3-9-17-14/h5-8,11,14-15H,3-4,9-10,16H2,1-2H3. The van der Waals surface area contributed by atoms with Crippen LogP contribution >= 0.6 is 0 Å². The molecular formula is C15H23NO. The molecule has 2 nitrogen and oxygen atoms in total. The maximum absolute atomic E-state index is 6.22. The summed E-state index contributed by atoms with van der Waals surface area (Å²) in [6.07, 6.45) is 3.66. The molecule has 17 heavy (non-hydrogen) atoms. The van der Waals surface area contributed by atoms with E-state index in [0.717, 1.165) is 19.4 Å². The Labute approximate surface area is 104 Å². The van der Waals surface area contributed by atoms with Gasteiger partial charge < -0.3 is 10.5 Å². The van der Waals surface area contributed by atoms with E-state index < -0.39 is 0 Å². The van der Waals surface area contributed by atoms with Gasteiger partial charge in [-0.15, -0.1) is 0 Å². The minimum atomic E-state index is 0.110. The van der Waals surface area contributed by atoms with Crippen LogP contribution in [0.3, 0.4) is 0 Å². The van der Waals surface area contributed by atoms with Crippen LogP contribution in [0.25, 0.3) is 0 Å². The summed E-state index contributed by atoms with van der Waals surface area (Å²) < 4.78 is 5.63. The van der Waals surface area contributed by atoms with Gasteiger partial charge >= 0.3 is 0 Å². The largest absolute Gasteiger partial charge is 0.378 e. The summed E-state index contributed by atoms with van der Waals surface area (Å²) in [7, 11) is 0. The molecule has 2 heteroatoms. The highest BCUT2D eigenvalue weighted by atomic mass is 16.5. The summed E-state index contributed by atoms with van der Waals surface area (Å²) in [4.78, 5) is 0. The van der Waals surface area contributed by atoms with E-state index in [1.807, 2.05) is 0 Å². The van der Waals surface area contributed by atoms with Crippen molar-refractivity contribution in [3.8, 4) is 0 Å². The normalized spacial score (nSPS) is 22.0. The topological polar surface area (TPSA) is 35.2 Å². The van der Waals surface area contributed by atoms with Crippen LogP contribution in [0.15, 0.2) is 24.3 Å². The minimum absolute atomic E-state index is 0.110. The van der Waals surface area contributed by atoms with Gasteiger partial charge in [-0.3, -0.25) is 0 Å². The molecule has 0 saturated carbocycles. The van der Waals surface area contributed by atoms with Crippen molar-refractivity contribution in [2.24, 2.45) is 5.73 Å². The van der Waals surface area contributed by atoms with E-state index in [1.54, 1.807) is 0 Å². The fourth-order valence-corrected chi connectivity index (χ4v) is 2.38. The van der Waals surface area contributed by atoms with E-state index >= 15 is 0 Å². The molecule has 0 amide bonds. The monoisotopic (exact) mass is 233 g/mol. The van der Waals surface area contributed by atoms with Crippen molar-refractivity contribution in [3.63, 3.8) is 0 Å². The first-order valence-corrected chi connectivity index (χ1v) is 6.64. The molecule has 0 aromatic heterocycles. The Hall–Kier alpha value is -0.860. The molecule has 0 bridgehead atoms. The first kappa shape index (κ1) is 12.6. The molecule has 1 saturated heterocycles. The second-order valence-electron chi connectivity index (χ2n) is 5.30. The molecule has 1 fully saturated rings. The lowest BCUT2D eigenvalue weighted by Gasteiger charge is -2.17. The number of nitrogens with two attached hydrogens (primary N) is 1. The summed E-state index contributed by atoms with van der Waals surface area (Å²) in [6.45, 7) is 5.33. The number of ether oxygens (including phenoxy) is 1. The van der Waals surface area contributed by atoms with E-state index in [0.29, 0.717) is 12.0 Å². The van der Waals surface area contributed by atoms with Gasteiger partial charge in [-0.25, -0.2) is 0 Å². The second-order valence-corrected chi connectivity index (χ2v) is 5.30. The predicted molar refractivity (Wildman–Crippen MR) is 71.1 cm³/mol. The van der Waals surface area contributed by atoms with Crippen molar-refractivity contribution >= 4 is 0 Å². The molecule has 0 spiro atoms. The van der Waals surface area contributed by atoms with Crippen LogP contribution in [-0.2, 0) is 4.74 Å². The van der Waals surface area contributed by atoms with Gasteiger partial charge in [0.15, 0.2) is 0 Å². The maximum atomic E-state index is 6.22. The van der Waals surface area contributed by atoms with E-state index in [-0.39, 0.29) is 6.04 Å². The summed E-state index contributed by atoms with van der Waals surface area (Å²) in [5.74, 6) is 0.582. The van der Waals surface area contributed by atoms with Gasteiger partial charge in [-0.1, -0.05) is 38.1 Å². The van der Waals surface area contributed by atoms with Crippen molar-refractivity contribution in [1.82, 2.24) is 0 Å². The Bertz CT molecular complexity index is 338. The maximum Gasteiger partial charge on any atom is 0.0594 e. The highest BCUT2D eigenvalue weighted by Gasteiger charge is 2.19. The average molecular weight is 233 g/mol. The highest BCUT2D eigenvalue weighted by molar-refractivity contribution is 5.26. The molecule has 1 aromatic carbocycles. The third-order valence-corrected chi connectivity index (χ3v) is 3.57. The lowest BCUT2D eigenvalue weighted by molar-refractivity contribution is 0.0983. The van der Waals surface area contributed by atoms with Crippen LogP contribution < -0.4 is 5.73 Å². The quantitative estimate of drug-likeness (QED) is 0.865. The zero-order valence-electron chi connectivity index (χ0n) is 10.9. The molecule has 2 N–H and O–H groups in total. The van der Waals surface area contributed by atoms with Crippen molar-refractivity contribution in [2.45, 2.75) is 51.2 Å². The summed E-state index contributed by atoms with van der Waals surface area (Å²) in [5, 5.41) is 0. The zero-order valence-corrected chi connectivity index (χ0v) is 10.9. The molecular weight excluding hydrogens is 210 g/mol. The fraction of sp³-hybridized carbons (Fsp3) is 0.600. The Balaban J connectivity index is 1.96. The van der Waals surface area contributed by atoms with Crippen LogP contribution in [0.5, 0.6) is 0 Å². The molecule has 0 radical (unpaired) electrons. The molecule has 2 rings (SSSR count). The average Bonchev–Trinajstić information content (AvgIpc) is 2.82. The van der Waals surface area contributed by atoms with E-state index in [2.05, 4.69) is 38.1 Å². The summed E-state index contributed by atoms with van der Waals surface area (Å²) >= 11 is 0. The van der Waals surface area contributed by atoms with E-state index in [1.165, 1.54) is 17.5 Å². The summed E-state index contributed by atoms with van der Waals surface area (Å²) in [5.41, 5.74) is 8.82. The van der Waals surface area contributed by atoms with Crippen molar-refractivity contribution in [3.05, 3.63) is 35.4 Å². The van der Waals surface area contributed by atoms with E-state index in [4.69, 9.17) is 10.5 Å². The Morgan fingerprint density at radius 1 is 1.24 bits per heavy atom. The SMILES string of the molecule is CC(C)c1ccc(C(N)CC2CCCO2)cc1. The lowest BCUT2D eigenvalue weighted by atomic mass is 9.96. The van der Waals surface area contributed by atoms with Gasteiger partial charge in [0.05, 0.1) is 6.10 Å². The third kappa shape index (κ3) is 3.30. The Morgan fingerprint density at radius 2 is 1.88 bits per heavy atom. The minimum Gasteiger partial charge on any atom is -0.378 e. The molecule has 1 aliphatic rings. The van der Waals surface area contributed by atoms with Crippen LogP contribution in [0, 0.1) is 0 Å². The second kappa shape index (κ2) is 5.65. The first-order valence-electron chi connectivity index (χ1n) is 6.64. The van der Waals surface area contributed by atoms with Crippen LogP contribution in [0.1, 0.15) is 56.2 Å². The molecule has 94 valence electrons. The third-order valence-electron chi connectivity index (χ3n) is 3.57. The van der Waals surface area contributed by atoms with Crippen LogP contribution in [-0.4, -0.2) is 12.7 Å². The first-order chi connectivity index (χ1) is 8.16.